The van der Waals surface area contributed by atoms with Gasteiger partial charge in [-0.05, 0) is 44.2 Å². The van der Waals surface area contributed by atoms with Crippen LogP contribution in [0, 0.1) is 12.3 Å². The van der Waals surface area contributed by atoms with E-state index in [0.29, 0.717) is 11.1 Å². The number of carbonyl (C=O) groups excluding carboxylic acids is 1. The molecule has 1 spiro atoms. The van der Waals surface area contributed by atoms with Crippen molar-refractivity contribution in [3.63, 3.8) is 0 Å². The number of hydrogen-bond acceptors (Lipinski definition) is 3. The van der Waals surface area contributed by atoms with Crippen molar-refractivity contribution in [3.8, 4) is 0 Å². The number of H-pyrrole nitrogens is 1. The molecule has 2 N–H and O–H groups in total. The Balaban J connectivity index is 1.64. The van der Waals surface area contributed by atoms with Crippen LogP contribution in [0.2, 0.25) is 0 Å². The molecule has 0 radical (unpaired) electrons. The summed E-state index contributed by atoms with van der Waals surface area (Å²) < 4.78 is 0. The van der Waals surface area contributed by atoms with Crippen molar-refractivity contribution in [3.05, 3.63) is 17.5 Å². The molecule has 2 aliphatic rings. The number of aryl methyl sites for hydroxylation is 1. The van der Waals surface area contributed by atoms with Crippen LogP contribution in [0.1, 0.15) is 35.4 Å². The molecule has 1 amide bonds. The van der Waals surface area contributed by atoms with E-state index in [-0.39, 0.29) is 5.91 Å². The first-order chi connectivity index (χ1) is 8.69. The fraction of sp³-hybridized carbons (Fsp3) is 0.692. The SMILES string of the molecule is Cc1cc(C(=O)N2CCC3(CCNC3)CC2)n[nH]1. The van der Waals surface area contributed by atoms with Crippen LogP contribution in [0.25, 0.3) is 0 Å². The summed E-state index contributed by atoms with van der Waals surface area (Å²) in [6.45, 7) is 5.90. The Labute approximate surface area is 107 Å². The standard InChI is InChI=1S/C13H20N4O/c1-10-8-11(16-15-10)12(18)17-6-3-13(4-7-17)2-5-14-9-13/h8,14H,2-7,9H2,1H3,(H,15,16). The average molecular weight is 248 g/mol. The number of nitrogens with one attached hydrogen (secondary N) is 2. The van der Waals surface area contributed by atoms with Crippen LogP contribution in [0.3, 0.4) is 0 Å². The van der Waals surface area contributed by atoms with Crippen molar-refractivity contribution in [1.29, 1.82) is 0 Å². The fourth-order valence-electron chi connectivity index (χ4n) is 3.10. The van der Waals surface area contributed by atoms with E-state index in [4.69, 9.17) is 0 Å². The largest absolute Gasteiger partial charge is 0.337 e. The first kappa shape index (κ1) is 11.7. The van der Waals surface area contributed by atoms with Gasteiger partial charge in [-0.2, -0.15) is 5.10 Å². The molecule has 0 aliphatic carbocycles. The molecule has 5 nitrogen and oxygen atoms in total. The normalized spacial score (nSPS) is 22.6. The predicted molar refractivity (Wildman–Crippen MR) is 68.4 cm³/mol. The Morgan fingerprint density at radius 1 is 1.39 bits per heavy atom. The van der Waals surface area contributed by atoms with Gasteiger partial charge in [0, 0.05) is 25.3 Å². The van der Waals surface area contributed by atoms with Crippen molar-refractivity contribution in [2.45, 2.75) is 26.2 Å². The van der Waals surface area contributed by atoms with Gasteiger partial charge in [0.15, 0.2) is 0 Å². The molecule has 3 heterocycles. The van der Waals surface area contributed by atoms with E-state index < -0.39 is 0 Å². The lowest BCUT2D eigenvalue weighted by atomic mass is 9.78. The number of rotatable bonds is 1. The molecule has 1 aromatic rings. The number of carbonyl (C=O) groups is 1. The number of aromatic amines is 1. The van der Waals surface area contributed by atoms with Crippen molar-refractivity contribution in [2.75, 3.05) is 26.2 Å². The summed E-state index contributed by atoms with van der Waals surface area (Å²) in [5, 5.41) is 10.3. The van der Waals surface area contributed by atoms with Crippen molar-refractivity contribution in [2.24, 2.45) is 5.41 Å². The van der Waals surface area contributed by atoms with Gasteiger partial charge in [-0.15, -0.1) is 0 Å². The highest BCUT2D eigenvalue weighted by atomic mass is 16.2. The van der Waals surface area contributed by atoms with Gasteiger partial charge in [-0.1, -0.05) is 0 Å². The summed E-state index contributed by atoms with van der Waals surface area (Å²) in [5.41, 5.74) is 1.94. The smallest absolute Gasteiger partial charge is 0.274 e. The van der Waals surface area contributed by atoms with Crippen molar-refractivity contribution >= 4 is 5.91 Å². The molecule has 0 atom stereocenters. The van der Waals surface area contributed by atoms with Gasteiger partial charge in [0.05, 0.1) is 0 Å². The van der Waals surface area contributed by atoms with Gasteiger partial charge in [-0.25, -0.2) is 0 Å². The number of piperidine rings is 1. The van der Waals surface area contributed by atoms with E-state index in [1.165, 1.54) is 6.42 Å². The maximum Gasteiger partial charge on any atom is 0.274 e. The van der Waals surface area contributed by atoms with E-state index in [1.807, 2.05) is 17.9 Å². The second-order valence-electron chi connectivity index (χ2n) is 5.66. The van der Waals surface area contributed by atoms with E-state index in [0.717, 1.165) is 44.7 Å². The lowest BCUT2D eigenvalue weighted by molar-refractivity contribution is 0.0602. The molecule has 0 bridgehead atoms. The third-order valence-electron chi connectivity index (χ3n) is 4.37. The zero-order chi connectivity index (χ0) is 12.6. The Morgan fingerprint density at radius 2 is 2.17 bits per heavy atom. The molecule has 0 aromatic carbocycles. The Bertz CT molecular complexity index is 438. The molecular formula is C13H20N4O. The second-order valence-corrected chi connectivity index (χ2v) is 5.66. The minimum absolute atomic E-state index is 0.0696. The molecule has 0 unspecified atom stereocenters. The highest BCUT2D eigenvalue weighted by molar-refractivity contribution is 5.92. The van der Waals surface area contributed by atoms with Crippen LogP contribution in [-0.4, -0.2) is 47.2 Å². The van der Waals surface area contributed by atoms with Gasteiger partial charge >= 0.3 is 0 Å². The molecule has 3 rings (SSSR count). The molecule has 1 aromatic heterocycles. The van der Waals surface area contributed by atoms with Crippen LogP contribution in [0.4, 0.5) is 0 Å². The highest BCUT2D eigenvalue weighted by Crippen LogP contribution is 2.37. The molecular weight excluding hydrogens is 228 g/mol. The number of amides is 1. The molecule has 5 heteroatoms. The van der Waals surface area contributed by atoms with Gasteiger partial charge < -0.3 is 10.2 Å². The second kappa shape index (κ2) is 4.39. The summed E-state index contributed by atoms with van der Waals surface area (Å²) >= 11 is 0. The van der Waals surface area contributed by atoms with E-state index in [9.17, 15) is 4.79 Å². The maximum atomic E-state index is 12.2. The monoisotopic (exact) mass is 248 g/mol. The molecule has 2 aliphatic heterocycles. The van der Waals surface area contributed by atoms with Crippen LogP contribution < -0.4 is 5.32 Å². The quantitative estimate of drug-likeness (QED) is 0.777. The highest BCUT2D eigenvalue weighted by Gasteiger charge is 2.38. The van der Waals surface area contributed by atoms with Gasteiger partial charge in [0.25, 0.3) is 5.91 Å². The van der Waals surface area contributed by atoms with Crippen LogP contribution >= 0.6 is 0 Å². The zero-order valence-electron chi connectivity index (χ0n) is 10.8. The third kappa shape index (κ3) is 2.03. The summed E-state index contributed by atoms with van der Waals surface area (Å²) in [6, 6.07) is 1.82. The van der Waals surface area contributed by atoms with E-state index >= 15 is 0 Å². The molecule has 0 saturated carbocycles. The molecule has 98 valence electrons. The molecule has 2 fully saturated rings. The average Bonchev–Trinajstić information content (AvgIpc) is 3.00. The van der Waals surface area contributed by atoms with Crippen LogP contribution in [0.15, 0.2) is 6.07 Å². The summed E-state index contributed by atoms with van der Waals surface area (Å²) in [5.74, 6) is 0.0696. The first-order valence-corrected chi connectivity index (χ1v) is 6.71. The summed E-state index contributed by atoms with van der Waals surface area (Å²) in [4.78, 5) is 14.2. The number of hydrogen-bond donors (Lipinski definition) is 2. The van der Waals surface area contributed by atoms with Gasteiger partial charge in [0.1, 0.15) is 5.69 Å². The van der Waals surface area contributed by atoms with Crippen molar-refractivity contribution < 1.29 is 4.79 Å². The van der Waals surface area contributed by atoms with Crippen LogP contribution in [0.5, 0.6) is 0 Å². The lowest BCUT2D eigenvalue weighted by Gasteiger charge is -2.38. The topological polar surface area (TPSA) is 61.0 Å². The first-order valence-electron chi connectivity index (χ1n) is 6.71. The molecule has 2 saturated heterocycles. The van der Waals surface area contributed by atoms with E-state index in [2.05, 4.69) is 15.5 Å². The minimum Gasteiger partial charge on any atom is -0.337 e. The third-order valence-corrected chi connectivity index (χ3v) is 4.37. The summed E-state index contributed by atoms with van der Waals surface area (Å²) in [6.07, 6.45) is 3.50. The number of nitrogens with zero attached hydrogens (tertiary/aromatic N) is 2. The Hall–Kier alpha value is -1.36. The minimum atomic E-state index is 0.0696. The Morgan fingerprint density at radius 3 is 2.72 bits per heavy atom. The van der Waals surface area contributed by atoms with Gasteiger partial charge in [-0.3, -0.25) is 9.89 Å². The fourth-order valence-corrected chi connectivity index (χ4v) is 3.10. The lowest BCUT2D eigenvalue weighted by Crippen LogP contribution is -2.44. The number of likely N-dealkylation sites (tertiary alicyclic amines) is 1. The predicted octanol–water partition coefficient (Wildman–Crippen LogP) is 0.934. The molecule has 18 heavy (non-hydrogen) atoms. The zero-order valence-corrected chi connectivity index (χ0v) is 10.8. The van der Waals surface area contributed by atoms with Crippen molar-refractivity contribution in [1.82, 2.24) is 20.4 Å². The van der Waals surface area contributed by atoms with E-state index in [1.54, 1.807) is 0 Å². The summed E-state index contributed by atoms with van der Waals surface area (Å²) in [7, 11) is 0. The van der Waals surface area contributed by atoms with Gasteiger partial charge in [0.2, 0.25) is 0 Å². The van der Waals surface area contributed by atoms with Crippen LogP contribution in [-0.2, 0) is 0 Å². The Kier molecular flexibility index (Phi) is 2.86. The maximum absolute atomic E-state index is 12.2. The number of aromatic nitrogens is 2.